The van der Waals surface area contributed by atoms with Gasteiger partial charge in [0.25, 0.3) is 0 Å². The zero-order valence-corrected chi connectivity index (χ0v) is 10.4. The van der Waals surface area contributed by atoms with Crippen LogP contribution >= 0.6 is 0 Å². The first-order valence-corrected chi connectivity index (χ1v) is 6.07. The smallest absolute Gasteiger partial charge is 0.130 e. The third-order valence-corrected chi connectivity index (χ3v) is 2.73. The van der Waals surface area contributed by atoms with E-state index < -0.39 is 0 Å². The topological polar surface area (TPSA) is 55.5 Å². The molecular formula is C15H16FNO2. The highest BCUT2D eigenvalue weighted by Gasteiger charge is 2.08. The molecule has 2 aromatic carbocycles. The van der Waals surface area contributed by atoms with E-state index in [4.69, 9.17) is 15.6 Å². The molecule has 2 aromatic rings. The van der Waals surface area contributed by atoms with Gasteiger partial charge in [-0.1, -0.05) is 18.2 Å². The van der Waals surface area contributed by atoms with Crippen molar-refractivity contribution in [2.24, 2.45) is 5.73 Å². The standard InChI is InChI=1S/C15H16FNO2/c16-12-5-7-14(8-6-12)19-15-4-2-1-3-11(15)9-13(17)10-18/h1-8,13,18H,9-10,17H2. The van der Waals surface area contributed by atoms with Gasteiger partial charge in [-0.2, -0.15) is 0 Å². The quantitative estimate of drug-likeness (QED) is 0.869. The molecule has 0 spiro atoms. The average Bonchev–Trinajstić information content (AvgIpc) is 2.43. The molecular weight excluding hydrogens is 245 g/mol. The van der Waals surface area contributed by atoms with Gasteiger partial charge < -0.3 is 15.6 Å². The first-order valence-electron chi connectivity index (χ1n) is 6.07. The predicted molar refractivity (Wildman–Crippen MR) is 71.7 cm³/mol. The van der Waals surface area contributed by atoms with Gasteiger partial charge in [-0.25, -0.2) is 4.39 Å². The summed E-state index contributed by atoms with van der Waals surface area (Å²) in [7, 11) is 0. The Morgan fingerprint density at radius 1 is 1.11 bits per heavy atom. The molecule has 0 fully saturated rings. The third-order valence-electron chi connectivity index (χ3n) is 2.73. The van der Waals surface area contributed by atoms with E-state index in [2.05, 4.69) is 0 Å². The van der Waals surface area contributed by atoms with Crippen LogP contribution in [-0.2, 0) is 6.42 Å². The van der Waals surface area contributed by atoms with Crippen molar-refractivity contribution < 1.29 is 14.2 Å². The van der Waals surface area contributed by atoms with Crippen LogP contribution < -0.4 is 10.5 Å². The van der Waals surface area contributed by atoms with E-state index in [1.54, 1.807) is 12.1 Å². The minimum atomic E-state index is -0.321. The molecule has 1 unspecified atom stereocenters. The summed E-state index contributed by atoms with van der Waals surface area (Å²) < 4.78 is 18.5. The maximum atomic E-state index is 12.8. The highest BCUT2D eigenvalue weighted by atomic mass is 19.1. The molecule has 2 rings (SSSR count). The molecule has 0 saturated carbocycles. The lowest BCUT2D eigenvalue weighted by Crippen LogP contribution is -2.26. The second-order valence-electron chi connectivity index (χ2n) is 4.31. The first kappa shape index (κ1) is 13.5. The highest BCUT2D eigenvalue weighted by Crippen LogP contribution is 2.26. The van der Waals surface area contributed by atoms with Gasteiger partial charge in [-0.05, 0) is 42.3 Å². The number of aliphatic hydroxyl groups excluding tert-OH is 1. The number of halogens is 1. The summed E-state index contributed by atoms with van der Waals surface area (Å²) >= 11 is 0. The molecule has 0 saturated heterocycles. The number of nitrogens with two attached hydrogens (primary N) is 1. The molecule has 1 atom stereocenters. The largest absolute Gasteiger partial charge is 0.457 e. The summed E-state index contributed by atoms with van der Waals surface area (Å²) in [6.45, 7) is -0.0785. The summed E-state index contributed by atoms with van der Waals surface area (Å²) in [6.07, 6.45) is 0.522. The molecule has 4 heteroatoms. The zero-order valence-electron chi connectivity index (χ0n) is 10.4. The van der Waals surface area contributed by atoms with E-state index in [0.29, 0.717) is 17.9 Å². The van der Waals surface area contributed by atoms with Gasteiger partial charge in [-0.3, -0.25) is 0 Å². The summed E-state index contributed by atoms with van der Waals surface area (Å²) in [5.41, 5.74) is 6.64. The summed E-state index contributed by atoms with van der Waals surface area (Å²) in [4.78, 5) is 0. The number of hydrogen-bond donors (Lipinski definition) is 2. The van der Waals surface area contributed by atoms with E-state index in [1.807, 2.05) is 24.3 Å². The average molecular weight is 261 g/mol. The molecule has 100 valence electrons. The molecule has 0 aliphatic carbocycles. The molecule has 0 aliphatic heterocycles. The molecule has 0 aromatic heterocycles. The van der Waals surface area contributed by atoms with Gasteiger partial charge in [0.05, 0.1) is 6.61 Å². The number of ether oxygens (including phenoxy) is 1. The maximum absolute atomic E-state index is 12.8. The number of para-hydroxylation sites is 1. The van der Waals surface area contributed by atoms with Crippen molar-refractivity contribution in [1.29, 1.82) is 0 Å². The molecule has 3 N–H and O–H groups in total. The minimum absolute atomic E-state index is 0.0785. The van der Waals surface area contributed by atoms with Crippen LogP contribution in [0.5, 0.6) is 11.5 Å². The normalized spacial score (nSPS) is 12.2. The SMILES string of the molecule is NC(CO)Cc1ccccc1Oc1ccc(F)cc1. The highest BCUT2D eigenvalue weighted by molar-refractivity contribution is 5.38. The fourth-order valence-corrected chi connectivity index (χ4v) is 1.75. The van der Waals surface area contributed by atoms with Crippen LogP contribution in [0.15, 0.2) is 48.5 Å². The van der Waals surface area contributed by atoms with Gasteiger partial charge in [0.15, 0.2) is 0 Å². The van der Waals surface area contributed by atoms with Crippen LogP contribution in [0.25, 0.3) is 0 Å². The van der Waals surface area contributed by atoms with E-state index in [0.717, 1.165) is 5.56 Å². The van der Waals surface area contributed by atoms with Crippen molar-refractivity contribution in [3.63, 3.8) is 0 Å². The molecule has 0 amide bonds. The van der Waals surface area contributed by atoms with Gasteiger partial charge in [0.1, 0.15) is 17.3 Å². The summed E-state index contributed by atoms with van der Waals surface area (Å²) in [5.74, 6) is 0.923. The van der Waals surface area contributed by atoms with Crippen LogP contribution in [-0.4, -0.2) is 17.8 Å². The van der Waals surface area contributed by atoms with E-state index in [1.165, 1.54) is 12.1 Å². The van der Waals surface area contributed by atoms with Crippen LogP contribution in [0.2, 0.25) is 0 Å². The van der Waals surface area contributed by atoms with Gasteiger partial charge in [0.2, 0.25) is 0 Å². The molecule has 0 aliphatic rings. The number of rotatable bonds is 5. The van der Waals surface area contributed by atoms with Crippen molar-refractivity contribution in [2.45, 2.75) is 12.5 Å². The Balaban J connectivity index is 2.17. The van der Waals surface area contributed by atoms with Crippen molar-refractivity contribution in [3.8, 4) is 11.5 Å². The molecule has 0 bridgehead atoms. The first-order chi connectivity index (χ1) is 9.19. The Hall–Kier alpha value is -1.91. The number of benzene rings is 2. The third kappa shape index (κ3) is 3.77. The van der Waals surface area contributed by atoms with E-state index in [-0.39, 0.29) is 18.5 Å². The second-order valence-corrected chi connectivity index (χ2v) is 4.31. The van der Waals surface area contributed by atoms with E-state index >= 15 is 0 Å². The monoisotopic (exact) mass is 261 g/mol. The Morgan fingerprint density at radius 3 is 2.47 bits per heavy atom. The van der Waals surface area contributed by atoms with Crippen LogP contribution in [0, 0.1) is 5.82 Å². The van der Waals surface area contributed by atoms with E-state index in [9.17, 15) is 4.39 Å². The van der Waals surface area contributed by atoms with Gasteiger partial charge in [0, 0.05) is 6.04 Å². The van der Waals surface area contributed by atoms with Crippen LogP contribution in [0.1, 0.15) is 5.56 Å². The fourth-order valence-electron chi connectivity index (χ4n) is 1.75. The van der Waals surface area contributed by atoms with Crippen LogP contribution in [0.3, 0.4) is 0 Å². The summed E-state index contributed by atoms with van der Waals surface area (Å²) in [6, 6.07) is 13.0. The van der Waals surface area contributed by atoms with Crippen molar-refractivity contribution in [2.75, 3.05) is 6.61 Å². The summed E-state index contributed by atoms with van der Waals surface area (Å²) in [5, 5.41) is 9.00. The number of aliphatic hydroxyl groups is 1. The van der Waals surface area contributed by atoms with Crippen molar-refractivity contribution in [1.82, 2.24) is 0 Å². The lowest BCUT2D eigenvalue weighted by atomic mass is 10.1. The van der Waals surface area contributed by atoms with Crippen molar-refractivity contribution >= 4 is 0 Å². The lowest BCUT2D eigenvalue weighted by molar-refractivity contribution is 0.264. The van der Waals surface area contributed by atoms with Gasteiger partial charge >= 0.3 is 0 Å². The molecule has 0 heterocycles. The number of hydrogen-bond acceptors (Lipinski definition) is 3. The Labute approximate surface area is 111 Å². The Kier molecular flexibility index (Phi) is 4.49. The van der Waals surface area contributed by atoms with Gasteiger partial charge in [-0.15, -0.1) is 0 Å². The predicted octanol–water partition coefficient (Wildman–Crippen LogP) is 2.48. The Morgan fingerprint density at radius 2 is 1.79 bits per heavy atom. The van der Waals surface area contributed by atoms with Crippen molar-refractivity contribution in [3.05, 3.63) is 59.9 Å². The molecule has 0 radical (unpaired) electrons. The lowest BCUT2D eigenvalue weighted by Gasteiger charge is -2.13. The Bertz CT molecular complexity index is 528. The minimum Gasteiger partial charge on any atom is -0.457 e. The molecule has 19 heavy (non-hydrogen) atoms. The zero-order chi connectivity index (χ0) is 13.7. The van der Waals surface area contributed by atoms with Crippen LogP contribution in [0.4, 0.5) is 4.39 Å². The molecule has 3 nitrogen and oxygen atoms in total. The fraction of sp³-hybridized carbons (Fsp3) is 0.200. The second kappa shape index (κ2) is 6.31. The maximum Gasteiger partial charge on any atom is 0.130 e.